The minimum absolute atomic E-state index is 0.558. The molecule has 0 aromatic heterocycles. The van der Waals surface area contributed by atoms with E-state index in [-0.39, 0.29) is 0 Å². The molecule has 0 spiro atoms. The third kappa shape index (κ3) is 14.2. The molecule has 0 bridgehead atoms. The van der Waals surface area contributed by atoms with Gasteiger partial charge in [-0.25, -0.2) is 24.2 Å². The molecule has 14 heteroatoms. The molecule has 1 fully saturated rings. The summed E-state index contributed by atoms with van der Waals surface area (Å²) in [6.07, 6.45) is 2.23. The molecule has 2 aromatic rings. The summed E-state index contributed by atoms with van der Waals surface area (Å²) in [5.74, 6) is -3.98. The lowest BCUT2D eigenvalue weighted by molar-refractivity contribution is -0.134. The minimum Gasteiger partial charge on any atom is -0.478 e. The van der Waals surface area contributed by atoms with Crippen molar-refractivity contribution in [2.24, 2.45) is 9.98 Å². The van der Waals surface area contributed by atoms with Gasteiger partial charge in [-0.2, -0.15) is 0 Å². The number of carboxylic acid groups (broad SMARTS) is 4. The number of likely N-dealkylation sites (N-methyl/N-ethyl adjacent to an activating group) is 1. The van der Waals surface area contributed by atoms with E-state index in [1.807, 2.05) is 48.2 Å². The molecule has 4 rings (SSSR count). The lowest BCUT2D eigenvalue weighted by Gasteiger charge is -2.32. The van der Waals surface area contributed by atoms with Crippen LogP contribution in [0.15, 0.2) is 82.8 Å². The number of hydrogen-bond donors (Lipinski definition) is 4. The van der Waals surface area contributed by atoms with E-state index in [1.54, 1.807) is 0 Å². The average Bonchev–Trinajstić information content (AvgIpc) is 3.16. The number of benzene rings is 2. The highest BCUT2D eigenvalue weighted by molar-refractivity contribution is 8.14. The van der Waals surface area contributed by atoms with E-state index in [0.717, 1.165) is 66.0 Å². The average molecular weight is 645 g/mol. The molecule has 0 atom stereocenters. The lowest BCUT2D eigenvalue weighted by Crippen LogP contribution is -2.45. The number of carboxylic acids is 4. The summed E-state index contributed by atoms with van der Waals surface area (Å²) in [6.45, 7) is 6.33. The van der Waals surface area contributed by atoms with Crippen LogP contribution in [0.2, 0.25) is 5.02 Å². The number of aliphatic carboxylic acids is 4. The van der Waals surface area contributed by atoms with Crippen LogP contribution in [0.4, 0.5) is 5.69 Å². The first kappa shape index (κ1) is 35.9. The number of rotatable bonds is 8. The van der Waals surface area contributed by atoms with Gasteiger partial charge in [0.1, 0.15) is 0 Å². The van der Waals surface area contributed by atoms with Gasteiger partial charge < -0.3 is 25.3 Å². The van der Waals surface area contributed by atoms with E-state index in [0.29, 0.717) is 35.9 Å². The van der Waals surface area contributed by atoms with Gasteiger partial charge in [0.25, 0.3) is 0 Å². The first-order valence-corrected chi connectivity index (χ1v) is 14.6. The van der Waals surface area contributed by atoms with Crippen molar-refractivity contribution in [3.8, 4) is 0 Å². The maximum absolute atomic E-state index is 9.55. The minimum atomic E-state index is -1.26. The topological polar surface area (TPSA) is 180 Å². The second-order valence-corrected chi connectivity index (χ2v) is 10.8. The quantitative estimate of drug-likeness (QED) is 0.308. The van der Waals surface area contributed by atoms with Gasteiger partial charge in [0, 0.05) is 78.9 Å². The smallest absolute Gasteiger partial charge is 0.328 e. The predicted molar refractivity (Wildman–Crippen MR) is 171 cm³/mol. The van der Waals surface area contributed by atoms with Crippen LogP contribution >= 0.6 is 23.4 Å². The highest BCUT2D eigenvalue weighted by Gasteiger charge is 2.18. The predicted octanol–water partition coefficient (Wildman–Crippen LogP) is 3.63. The number of nitrogens with zero attached hydrogens (tertiary/aromatic N) is 4. The van der Waals surface area contributed by atoms with Gasteiger partial charge in [0.15, 0.2) is 0 Å². The van der Waals surface area contributed by atoms with Crippen molar-refractivity contribution in [3.63, 3.8) is 0 Å². The van der Waals surface area contributed by atoms with Gasteiger partial charge in [-0.05, 0) is 25.2 Å². The van der Waals surface area contributed by atoms with Crippen LogP contribution in [-0.2, 0) is 19.2 Å². The van der Waals surface area contributed by atoms with Gasteiger partial charge in [0.2, 0.25) is 0 Å². The first-order valence-electron chi connectivity index (χ1n) is 13.2. The van der Waals surface area contributed by atoms with Crippen LogP contribution in [0.5, 0.6) is 0 Å². The number of hydrogen-bond acceptors (Lipinski definition) is 9. The Morgan fingerprint density at radius 2 is 1.39 bits per heavy atom. The second kappa shape index (κ2) is 19.1. The number of carbonyl (C=O) groups is 4. The van der Waals surface area contributed by atoms with Crippen molar-refractivity contribution < 1.29 is 39.6 Å². The Morgan fingerprint density at radius 3 is 1.91 bits per heavy atom. The Morgan fingerprint density at radius 1 is 0.841 bits per heavy atom. The highest BCUT2D eigenvalue weighted by atomic mass is 35.5. The molecule has 0 amide bonds. The fourth-order valence-corrected chi connectivity index (χ4v) is 4.84. The number of halogens is 1. The van der Waals surface area contributed by atoms with Gasteiger partial charge in [-0.1, -0.05) is 41.9 Å². The zero-order valence-electron chi connectivity index (χ0n) is 23.9. The van der Waals surface area contributed by atoms with Crippen molar-refractivity contribution in [2.75, 3.05) is 52.1 Å². The van der Waals surface area contributed by atoms with Crippen molar-refractivity contribution >= 4 is 63.7 Å². The number of fused-ring (bicyclic) bond motifs is 1. The molecule has 0 unspecified atom stereocenters. The molecule has 12 nitrogen and oxygen atoms in total. The van der Waals surface area contributed by atoms with E-state index in [2.05, 4.69) is 29.0 Å². The number of aliphatic imine (C=N–C) groups is 2. The van der Waals surface area contributed by atoms with Crippen LogP contribution < -0.4 is 0 Å². The van der Waals surface area contributed by atoms with E-state index < -0.39 is 23.9 Å². The van der Waals surface area contributed by atoms with E-state index in [1.165, 1.54) is 0 Å². The lowest BCUT2D eigenvalue weighted by atomic mass is 10.0. The van der Waals surface area contributed by atoms with E-state index in [4.69, 9.17) is 42.0 Å². The van der Waals surface area contributed by atoms with Crippen molar-refractivity contribution in [1.29, 1.82) is 0 Å². The summed E-state index contributed by atoms with van der Waals surface area (Å²) in [7, 11) is 2.19. The Kier molecular flexibility index (Phi) is 15.6. The number of piperazine rings is 1. The largest absolute Gasteiger partial charge is 0.478 e. The normalized spacial score (nSPS) is 15.0. The Hall–Kier alpha value is -4.30. The molecule has 0 radical (unpaired) electrons. The molecular weight excluding hydrogens is 612 g/mol. The van der Waals surface area contributed by atoms with Gasteiger partial charge >= 0.3 is 23.9 Å². The van der Waals surface area contributed by atoms with Crippen molar-refractivity contribution in [2.45, 2.75) is 0 Å². The molecule has 2 aliphatic heterocycles. The summed E-state index contributed by atoms with van der Waals surface area (Å²) in [6, 6.07) is 16.2. The first-order chi connectivity index (χ1) is 20.9. The molecule has 44 heavy (non-hydrogen) atoms. The van der Waals surface area contributed by atoms with Crippen LogP contribution in [-0.4, -0.2) is 117 Å². The van der Waals surface area contributed by atoms with Gasteiger partial charge in [-0.3, -0.25) is 9.89 Å². The zero-order valence-corrected chi connectivity index (χ0v) is 25.4. The van der Waals surface area contributed by atoms with Crippen molar-refractivity contribution in [3.05, 3.63) is 89.0 Å². The molecule has 4 N–H and O–H groups in total. The summed E-state index contributed by atoms with van der Waals surface area (Å²) in [5, 5.41) is 33.0. The number of thioether (sulfide) groups is 1. The van der Waals surface area contributed by atoms with Gasteiger partial charge in [0.05, 0.1) is 23.0 Å². The maximum atomic E-state index is 9.55. The summed E-state index contributed by atoms with van der Waals surface area (Å²) >= 11 is 8.11. The summed E-state index contributed by atoms with van der Waals surface area (Å²) < 4.78 is 0. The molecule has 2 aromatic carbocycles. The van der Waals surface area contributed by atoms with Crippen molar-refractivity contribution in [1.82, 2.24) is 9.80 Å². The molecule has 234 valence electrons. The molecule has 2 heterocycles. The summed E-state index contributed by atoms with van der Waals surface area (Å²) in [5.41, 5.74) is 4.03. The maximum Gasteiger partial charge on any atom is 0.328 e. The zero-order chi connectivity index (χ0) is 32.5. The fraction of sp³-hybridized carbons (Fsp3) is 0.267. The van der Waals surface area contributed by atoms with Crippen LogP contribution in [0.25, 0.3) is 0 Å². The Labute approximate surface area is 263 Å². The summed E-state index contributed by atoms with van der Waals surface area (Å²) in [4.78, 5) is 53.0. The van der Waals surface area contributed by atoms with E-state index in [9.17, 15) is 19.2 Å². The third-order valence-electron chi connectivity index (χ3n) is 5.89. The second-order valence-electron chi connectivity index (χ2n) is 9.21. The highest BCUT2D eigenvalue weighted by Crippen LogP contribution is 2.30. The van der Waals surface area contributed by atoms with Gasteiger partial charge in [-0.15, -0.1) is 11.8 Å². The Balaban J connectivity index is 0.000000349. The standard InChI is InChI=1S/C22H25ClN4S.2C4H4O4/c1-26-9-11-27(12-10-26)13-14-28-21-16-24-22(17-5-3-2-4-6-17)19-15-18(23)7-8-20(19)25-21;2*5-3(6)1-2-4(7)8/h2-8,15H,9-14,16H2,1H3;2*1-2H,(H,5,6)(H,7,8)/b;2*2-1+. The molecule has 0 aliphatic carbocycles. The van der Waals surface area contributed by atoms with Crippen LogP contribution in [0.3, 0.4) is 0 Å². The molecule has 0 saturated carbocycles. The fourth-order valence-electron chi connectivity index (χ4n) is 3.77. The molecule has 1 saturated heterocycles. The Bertz CT molecular complexity index is 1360. The monoisotopic (exact) mass is 644 g/mol. The third-order valence-corrected chi connectivity index (χ3v) is 7.06. The van der Waals surface area contributed by atoms with E-state index >= 15 is 0 Å². The molecular formula is C30H33ClN4O8S. The SMILES string of the molecule is CN1CCN(CCSC2=Nc3ccc(Cl)cc3C(c3ccccc3)=NC2)CC1.O=C(O)/C=C/C(=O)O.O=C(O)/C=C/C(=O)O. The van der Waals surface area contributed by atoms with Crippen LogP contribution in [0.1, 0.15) is 11.1 Å². The van der Waals surface area contributed by atoms with Crippen LogP contribution in [0, 0.1) is 0 Å². The molecule has 2 aliphatic rings.